The topological polar surface area (TPSA) is 70.2 Å². The van der Waals surface area contributed by atoms with Crippen molar-refractivity contribution in [1.82, 2.24) is 14.9 Å². The van der Waals surface area contributed by atoms with Gasteiger partial charge in [0, 0.05) is 48.6 Å². The zero-order valence-electron chi connectivity index (χ0n) is 18.1. The number of nitrogens with one attached hydrogen (secondary N) is 2. The van der Waals surface area contributed by atoms with Crippen molar-refractivity contribution >= 4 is 17.7 Å². The molecule has 1 saturated heterocycles. The zero-order valence-corrected chi connectivity index (χ0v) is 18.1. The third-order valence-corrected chi connectivity index (χ3v) is 6.66. The van der Waals surface area contributed by atoms with Gasteiger partial charge in [-0.05, 0) is 48.6 Å². The van der Waals surface area contributed by atoms with Crippen LogP contribution >= 0.6 is 0 Å². The maximum atomic E-state index is 12.9. The number of piperidine rings is 1. The Morgan fingerprint density at radius 2 is 1.97 bits per heavy atom. The first-order valence-corrected chi connectivity index (χ1v) is 10.9. The van der Waals surface area contributed by atoms with E-state index in [-0.39, 0.29) is 11.4 Å². The smallest absolute Gasteiger partial charge is 0.321 e. The first-order chi connectivity index (χ1) is 15.6. The van der Waals surface area contributed by atoms with Gasteiger partial charge < -0.3 is 15.5 Å². The minimum absolute atomic E-state index is 0.00568. The molecule has 2 N–H and O–H groups in total. The normalized spacial score (nSPS) is 15.9. The highest BCUT2D eigenvalue weighted by Gasteiger charge is 2.42. The minimum Gasteiger partial charge on any atom is -0.357 e. The number of hydrogen-bond acceptors (Lipinski definition) is 4. The van der Waals surface area contributed by atoms with Gasteiger partial charge in [-0.1, -0.05) is 36.3 Å². The van der Waals surface area contributed by atoms with E-state index >= 15 is 0 Å². The Balaban J connectivity index is 1.36. The van der Waals surface area contributed by atoms with E-state index < -0.39 is 0 Å². The highest BCUT2D eigenvalue weighted by atomic mass is 16.2. The molecule has 2 heterocycles. The van der Waals surface area contributed by atoms with Crippen LogP contribution in [0.1, 0.15) is 29.5 Å². The van der Waals surface area contributed by atoms with E-state index in [9.17, 15) is 4.79 Å². The highest BCUT2D eigenvalue weighted by Crippen LogP contribution is 2.47. The molecular weight excluding hydrogens is 398 g/mol. The average molecular weight is 424 g/mol. The number of urea groups is 1. The SMILES string of the molecule is C#Cc1cccc(NC(=O)N2CCC3(CC2)Cc2cnc(NC)nc2-c2ccccc23)c1. The summed E-state index contributed by atoms with van der Waals surface area (Å²) in [5.74, 6) is 3.24. The van der Waals surface area contributed by atoms with Gasteiger partial charge in [-0.25, -0.2) is 14.8 Å². The number of carbonyl (C=O) groups excluding carboxylic acids is 1. The molecule has 0 radical (unpaired) electrons. The van der Waals surface area contributed by atoms with E-state index in [1.54, 1.807) is 0 Å². The molecule has 0 atom stereocenters. The van der Waals surface area contributed by atoms with Crippen molar-refractivity contribution in [1.29, 1.82) is 0 Å². The second kappa shape index (κ2) is 8.01. The van der Waals surface area contributed by atoms with Crippen molar-refractivity contribution < 1.29 is 4.79 Å². The van der Waals surface area contributed by atoms with E-state index in [0.717, 1.165) is 36.2 Å². The molecule has 1 aromatic heterocycles. The average Bonchev–Trinajstić information content (AvgIpc) is 2.84. The molecule has 1 spiro atoms. The largest absolute Gasteiger partial charge is 0.357 e. The summed E-state index contributed by atoms with van der Waals surface area (Å²) in [6.45, 7) is 1.39. The molecule has 1 aliphatic heterocycles. The van der Waals surface area contributed by atoms with Crippen LogP contribution in [0.2, 0.25) is 0 Å². The Morgan fingerprint density at radius 1 is 1.16 bits per heavy atom. The molecule has 5 rings (SSSR count). The number of anilines is 2. The molecule has 2 amide bonds. The number of likely N-dealkylation sites (tertiary alicyclic amines) is 1. The zero-order chi connectivity index (χ0) is 22.1. The number of carbonyl (C=O) groups is 1. The number of rotatable bonds is 2. The van der Waals surface area contributed by atoms with Gasteiger partial charge in [0.2, 0.25) is 5.95 Å². The van der Waals surface area contributed by atoms with E-state index in [1.807, 2.05) is 42.4 Å². The minimum atomic E-state index is -0.0829. The van der Waals surface area contributed by atoms with Crippen molar-refractivity contribution in [3.8, 4) is 23.6 Å². The summed E-state index contributed by atoms with van der Waals surface area (Å²) in [7, 11) is 1.83. The summed E-state index contributed by atoms with van der Waals surface area (Å²) in [6, 6.07) is 15.8. The van der Waals surface area contributed by atoms with Gasteiger partial charge in [-0.15, -0.1) is 6.42 Å². The van der Waals surface area contributed by atoms with Gasteiger partial charge in [0.1, 0.15) is 0 Å². The van der Waals surface area contributed by atoms with Crippen LogP contribution in [-0.2, 0) is 11.8 Å². The molecule has 2 aliphatic rings. The van der Waals surface area contributed by atoms with Gasteiger partial charge in [0.25, 0.3) is 0 Å². The number of terminal acetylenes is 1. The number of nitrogens with zero attached hydrogens (tertiary/aromatic N) is 3. The monoisotopic (exact) mass is 423 g/mol. The lowest BCUT2D eigenvalue weighted by molar-refractivity contribution is 0.166. The van der Waals surface area contributed by atoms with Crippen LogP contribution in [-0.4, -0.2) is 41.0 Å². The quantitative estimate of drug-likeness (QED) is 0.604. The van der Waals surface area contributed by atoms with Gasteiger partial charge in [0.05, 0.1) is 5.69 Å². The molecule has 3 aromatic rings. The molecular formula is C26H25N5O. The Bertz CT molecular complexity index is 1220. The lowest BCUT2D eigenvalue weighted by atomic mass is 9.64. The summed E-state index contributed by atoms with van der Waals surface area (Å²) in [4.78, 5) is 24.0. The Kier molecular flexibility index (Phi) is 5.02. The molecule has 0 bridgehead atoms. The highest BCUT2D eigenvalue weighted by molar-refractivity contribution is 5.89. The summed E-state index contributed by atoms with van der Waals surface area (Å²) < 4.78 is 0. The van der Waals surface area contributed by atoms with E-state index in [0.29, 0.717) is 19.0 Å². The standard InChI is InChI=1S/C26H25N5O/c1-3-18-7-6-8-20(15-18)29-25(32)31-13-11-26(12-14-31)16-19-17-28-24(27-2)30-23(19)21-9-4-5-10-22(21)26/h1,4-10,15,17H,11-14,16H2,2H3,(H,29,32)(H,27,28,30). The van der Waals surface area contributed by atoms with Crippen molar-refractivity contribution in [2.75, 3.05) is 30.8 Å². The Morgan fingerprint density at radius 3 is 2.75 bits per heavy atom. The predicted molar refractivity (Wildman–Crippen MR) is 127 cm³/mol. The van der Waals surface area contributed by atoms with Crippen LogP contribution in [0.4, 0.5) is 16.4 Å². The maximum absolute atomic E-state index is 12.9. The number of fused-ring (bicyclic) bond motifs is 4. The van der Waals surface area contributed by atoms with E-state index in [4.69, 9.17) is 11.4 Å². The van der Waals surface area contributed by atoms with Crippen LogP contribution in [0.15, 0.2) is 54.7 Å². The fraction of sp³-hybridized carbons (Fsp3) is 0.269. The lowest BCUT2D eigenvalue weighted by Gasteiger charge is -2.45. The van der Waals surface area contributed by atoms with Crippen LogP contribution in [0, 0.1) is 12.3 Å². The number of benzene rings is 2. The van der Waals surface area contributed by atoms with E-state index in [1.165, 1.54) is 16.7 Å². The molecule has 6 heteroatoms. The van der Waals surface area contributed by atoms with E-state index in [2.05, 4.69) is 45.8 Å². The van der Waals surface area contributed by atoms with Crippen LogP contribution in [0.5, 0.6) is 0 Å². The third kappa shape index (κ3) is 3.46. The van der Waals surface area contributed by atoms with Gasteiger partial charge in [-0.3, -0.25) is 0 Å². The lowest BCUT2D eigenvalue weighted by Crippen LogP contribution is -2.48. The van der Waals surface area contributed by atoms with Crippen LogP contribution < -0.4 is 10.6 Å². The van der Waals surface area contributed by atoms with Crippen molar-refractivity contribution in [3.63, 3.8) is 0 Å². The fourth-order valence-electron chi connectivity index (χ4n) is 4.97. The summed E-state index contributed by atoms with van der Waals surface area (Å²) >= 11 is 0. The van der Waals surface area contributed by atoms with Crippen molar-refractivity contribution in [3.05, 3.63) is 71.4 Å². The molecule has 0 unspecified atom stereocenters. The Labute approximate surface area is 188 Å². The van der Waals surface area contributed by atoms with Crippen LogP contribution in [0.25, 0.3) is 11.3 Å². The second-order valence-electron chi connectivity index (χ2n) is 8.46. The third-order valence-electron chi connectivity index (χ3n) is 6.66. The van der Waals surface area contributed by atoms with Gasteiger partial charge in [-0.2, -0.15) is 0 Å². The molecule has 160 valence electrons. The molecule has 2 aromatic carbocycles. The summed E-state index contributed by atoms with van der Waals surface area (Å²) in [6.07, 6.45) is 10.1. The molecule has 1 fully saturated rings. The van der Waals surface area contributed by atoms with Gasteiger partial charge >= 0.3 is 6.03 Å². The molecule has 1 aliphatic carbocycles. The predicted octanol–water partition coefficient (Wildman–Crippen LogP) is 4.29. The van der Waals surface area contributed by atoms with Crippen molar-refractivity contribution in [2.24, 2.45) is 0 Å². The number of aromatic nitrogens is 2. The van der Waals surface area contributed by atoms with Gasteiger partial charge in [0.15, 0.2) is 0 Å². The first-order valence-electron chi connectivity index (χ1n) is 10.9. The summed E-state index contributed by atoms with van der Waals surface area (Å²) in [5.41, 5.74) is 6.16. The fourth-order valence-corrected chi connectivity index (χ4v) is 4.97. The number of hydrogen-bond donors (Lipinski definition) is 2. The molecule has 0 saturated carbocycles. The maximum Gasteiger partial charge on any atom is 0.321 e. The van der Waals surface area contributed by atoms with Crippen LogP contribution in [0.3, 0.4) is 0 Å². The van der Waals surface area contributed by atoms with Crippen molar-refractivity contribution in [2.45, 2.75) is 24.7 Å². The summed E-state index contributed by atoms with van der Waals surface area (Å²) in [5, 5.41) is 6.03. The Hall–Kier alpha value is -3.85. The second-order valence-corrected chi connectivity index (χ2v) is 8.46. The number of amides is 2. The molecule has 6 nitrogen and oxygen atoms in total. The first kappa shape index (κ1) is 20.1. The molecule has 32 heavy (non-hydrogen) atoms.